The number of hydrogen-bond donors (Lipinski definition) is 0. The van der Waals surface area contributed by atoms with Crippen molar-refractivity contribution in [3.8, 4) is 0 Å². The number of carbonyl (C=O) groups excluding carboxylic acids is 3. The average Bonchev–Trinajstić information content (AvgIpc) is 3.23. The number of unbranched alkanes of at least 4 members (excludes halogenated alkanes) is 19. The lowest BCUT2D eigenvalue weighted by atomic mass is 10.1. The van der Waals surface area contributed by atoms with Crippen molar-refractivity contribution in [3.63, 3.8) is 0 Å². The first-order chi connectivity index (χ1) is 29.0. The van der Waals surface area contributed by atoms with Gasteiger partial charge in [-0.15, -0.1) is 0 Å². The molecule has 0 bridgehead atoms. The van der Waals surface area contributed by atoms with Gasteiger partial charge in [-0.05, 0) is 83.5 Å². The molecule has 0 heterocycles. The number of carbonyl (C=O) groups is 3. The van der Waals surface area contributed by atoms with Crippen molar-refractivity contribution < 1.29 is 28.6 Å². The summed E-state index contributed by atoms with van der Waals surface area (Å²) in [6.45, 7) is 6.27. The molecular weight excluding hydrogens is 733 g/mol. The lowest BCUT2D eigenvalue weighted by molar-refractivity contribution is -0.167. The Morgan fingerprint density at radius 1 is 0.356 bits per heavy atom. The first-order valence-electron chi connectivity index (χ1n) is 23.8. The summed E-state index contributed by atoms with van der Waals surface area (Å²) in [5.74, 6) is -0.977. The molecule has 1 atom stereocenters. The third-order valence-corrected chi connectivity index (χ3v) is 9.71. The third kappa shape index (κ3) is 45.3. The van der Waals surface area contributed by atoms with Gasteiger partial charge in [0, 0.05) is 19.3 Å². The molecule has 6 nitrogen and oxygen atoms in total. The summed E-state index contributed by atoms with van der Waals surface area (Å²) in [5, 5.41) is 0. The average molecular weight is 819 g/mol. The molecule has 0 aliphatic carbocycles. The minimum Gasteiger partial charge on any atom is -0.462 e. The van der Waals surface area contributed by atoms with Crippen molar-refractivity contribution >= 4 is 17.9 Å². The standard InChI is InChI=1S/C53H86O6/c1-4-7-10-13-16-19-22-25-26-29-31-34-37-40-43-46-52(55)58-49-50(59-53(56)47-44-41-38-35-32-28-24-21-18-15-12-9-6-3)48-57-51(54)45-42-39-36-33-30-27-23-20-17-14-11-8-5-2/h8-9,11-12,14-15,17-24,28,32,50H,4-7,10,13,16,25-27,29-31,33-49H2,1-3H3/b11-8-,12-9-,17-14-,18-15-,22-19-,23-20-,24-21-,32-28-. The molecule has 0 aromatic rings. The van der Waals surface area contributed by atoms with Crippen molar-refractivity contribution in [2.75, 3.05) is 13.2 Å². The van der Waals surface area contributed by atoms with Crippen LogP contribution >= 0.6 is 0 Å². The second-order valence-electron chi connectivity index (χ2n) is 15.4. The van der Waals surface area contributed by atoms with Gasteiger partial charge in [0.15, 0.2) is 6.10 Å². The van der Waals surface area contributed by atoms with Crippen LogP contribution in [0.25, 0.3) is 0 Å². The topological polar surface area (TPSA) is 78.9 Å². The summed E-state index contributed by atoms with van der Waals surface area (Å²) in [6, 6.07) is 0. The molecule has 6 heteroatoms. The van der Waals surface area contributed by atoms with E-state index in [-0.39, 0.29) is 37.5 Å². The lowest BCUT2D eigenvalue weighted by Crippen LogP contribution is -2.30. The summed E-state index contributed by atoms with van der Waals surface area (Å²) in [6.07, 6.45) is 61.0. The molecule has 1 unspecified atom stereocenters. The number of esters is 3. The van der Waals surface area contributed by atoms with Crippen LogP contribution in [0.4, 0.5) is 0 Å². The number of hydrogen-bond acceptors (Lipinski definition) is 6. The minimum atomic E-state index is -0.807. The van der Waals surface area contributed by atoms with Crippen LogP contribution in [0.5, 0.6) is 0 Å². The highest BCUT2D eigenvalue weighted by atomic mass is 16.6. The maximum absolute atomic E-state index is 12.7. The quantitative estimate of drug-likeness (QED) is 0.0201. The highest BCUT2D eigenvalue weighted by Crippen LogP contribution is 2.13. The van der Waals surface area contributed by atoms with Gasteiger partial charge in [0.1, 0.15) is 13.2 Å². The zero-order chi connectivity index (χ0) is 43.0. The molecule has 0 saturated heterocycles. The molecule has 334 valence electrons. The zero-order valence-electron chi connectivity index (χ0n) is 38.0. The Bertz CT molecular complexity index is 1220. The van der Waals surface area contributed by atoms with Gasteiger partial charge in [-0.3, -0.25) is 14.4 Å². The molecule has 0 fully saturated rings. The molecule has 0 saturated carbocycles. The SMILES string of the molecule is CC\C=C/C=C\C=C/C=C\CCCCCC(=O)OC(COC(=O)CCCCCCC\C=C/C=C\C=C/CC)COC(=O)CCCCCCCCC/C=C\CCCCCC. The van der Waals surface area contributed by atoms with Gasteiger partial charge >= 0.3 is 17.9 Å². The van der Waals surface area contributed by atoms with Crippen molar-refractivity contribution in [1.29, 1.82) is 0 Å². The van der Waals surface area contributed by atoms with Gasteiger partial charge in [-0.2, -0.15) is 0 Å². The predicted molar refractivity (Wildman–Crippen MR) is 251 cm³/mol. The lowest BCUT2D eigenvalue weighted by Gasteiger charge is -2.18. The van der Waals surface area contributed by atoms with Gasteiger partial charge in [0.05, 0.1) is 0 Å². The van der Waals surface area contributed by atoms with E-state index in [1.54, 1.807) is 0 Å². The second-order valence-corrected chi connectivity index (χ2v) is 15.4. The Balaban J connectivity index is 4.49. The minimum absolute atomic E-state index is 0.104. The van der Waals surface area contributed by atoms with Gasteiger partial charge in [-0.1, -0.05) is 195 Å². The third-order valence-electron chi connectivity index (χ3n) is 9.71. The van der Waals surface area contributed by atoms with Crippen LogP contribution in [0.1, 0.15) is 201 Å². The van der Waals surface area contributed by atoms with E-state index in [0.717, 1.165) is 89.9 Å². The van der Waals surface area contributed by atoms with Gasteiger partial charge in [0.25, 0.3) is 0 Å². The summed E-state index contributed by atoms with van der Waals surface area (Å²) < 4.78 is 16.7. The molecule has 0 aliphatic rings. The van der Waals surface area contributed by atoms with E-state index >= 15 is 0 Å². The summed E-state index contributed by atoms with van der Waals surface area (Å²) in [4.78, 5) is 37.8. The van der Waals surface area contributed by atoms with E-state index < -0.39 is 6.10 Å². The maximum Gasteiger partial charge on any atom is 0.306 e. The van der Waals surface area contributed by atoms with E-state index in [2.05, 4.69) is 75.5 Å². The van der Waals surface area contributed by atoms with Gasteiger partial charge in [0.2, 0.25) is 0 Å². The smallest absolute Gasteiger partial charge is 0.306 e. The molecule has 0 aromatic carbocycles. The van der Waals surface area contributed by atoms with Crippen LogP contribution in [-0.2, 0) is 28.6 Å². The maximum atomic E-state index is 12.7. The first-order valence-corrected chi connectivity index (χ1v) is 23.8. The van der Waals surface area contributed by atoms with Crippen molar-refractivity contribution in [3.05, 3.63) is 97.2 Å². The Morgan fingerprint density at radius 2 is 0.678 bits per heavy atom. The highest BCUT2D eigenvalue weighted by molar-refractivity contribution is 5.71. The molecule has 0 radical (unpaired) electrons. The zero-order valence-corrected chi connectivity index (χ0v) is 38.0. The van der Waals surface area contributed by atoms with E-state index in [1.807, 2.05) is 42.5 Å². The molecule has 0 rings (SSSR count). The Hall–Kier alpha value is -3.67. The molecule has 59 heavy (non-hydrogen) atoms. The fourth-order valence-corrected chi connectivity index (χ4v) is 6.15. The number of ether oxygens (including phenoxy) is 3. The fraction of sp³-hybridized carbons (Fsp3) is 0.642. The normalized spacial score (nSPS) is 12.9. The monoisotopic (exact) mass is 819 g/mol. The van der Waals surface area contributed by atoms with Crippen LogP contribution in [-0.4, -0.2) is 37.2 Å². The highest BCUT2D eigenvalue weighted by Gasteiger charge is 2.19. The Morgan fingerprint density at radius 3 is 1.10 bits per heavy atom. The van der Waals surface area contributed by atoms with Crippen molar-refractivity contribution in [2.24, 2.45) is 0 Å². The molecule has 0 aliphatic heterocycles. The molecule has 0 aromatic heterocycles. The molecular formula is C53H86O6. The summed E-state index contributed by atoms with van der Waals surface area (Å²) >= 11 is 0. The second kappa shape index (κ2) is 47.0. The van der Waals surface area contributed by atoms with E-state index in [4.69, 9.17) is 14.2 Å². The fourth-order valence-electron chi connectivity index (χ4n) is 6.15. The van der Waals surface area contributed by atoms with Crippen molar-refractivity contribution in [2.45, 2.75) is 207 Å². The van der Waals surface area contributed by atoms with Gasteiger partial charge < -0.3 is 14.2 Å². The largest absolute Gasteiger partial charge is 0.462 e. The van der Waals surface area contributed by atoms with E-state index in [1.165, 1.54) is 64.2 Å². The van der Waals surface area contributed by atoms with Crippen molar-refractivity contribution in [1.82, 2.24) is 0 Å². The molecule has 0 amide bonds. The summed E-state index contributed by atoms with van der Waals surface area (Å²) in [7, 11) is 0. The number of rotatable bonds is 41. The van der Waals surface area contributed by atoms with Crippen LogP contribution < -0.4 is 0 Å². The number of allylic oxidation sites excluding steroid dienone is 16. The first kappa shape index (κ1) is 55.3. The van der Waals surface area contributed by atoms with Gasteiger partial charge in [-0.25, -0.2) is 0 Å². The molecule has 0 spiro atoms. The van der Waals surface area contributed by atoms with Crippen LogP contribution in [0.2, 0.25) is 0 Å². The van der Waals surface area contributed by atoms with Crippen LogP contribution in [0.15, 0.2) is 97.2 Å². The summed E-state index contributed by atoms with van der Waals surface area (Å²) in [5.41, 5.74) is 0. The Labute approximate surface area is 362 Å². The predicted octanol–water partition coefficient (Wildman–Crippen LogP) is 15.4. The van der Waals surface area contributed by atoms with E-state index in [0.29, 0.717) is 19.3 Å². The molecule has 0 N–H and O–H groups in total. The Kier molecular flexibility index (Phi) is 44.1. The van der Waals surface area contributed by atoms with Crippen LogP contribution in [0, 0.1) is 0 Å². The van der Waals surface area contributed by atoms with Crippen LogP contribution in [0.3, 0.4) is 0 Å². The van der Waals surface area contributed by atoms with E-state index in [9.17, 15) is 14.4 Å².